The van der Waals surface area contributed by atoms with Gasteiger partial charge in [-0.3, -0.25) is 9.69 Å². The third-order valence-corrected chi connectivity index (χ3v) is 7.63. The first-order chi connectivity index (χ1) is 16.7. The summed E-state index contributed by atoms with van der Waals surface area (Å²) in [6.07, 6.45) is 7.00. The summed E-state index contributed by atoms with van der Waals surface area (Å²) in [4.78, 5) is 18.2. The van der Waals surface area contributed by atoms with Gasteiger partial charge in [0.05, 0.1) is 0 Å². The van der Waals surface area contributed by atoms with E-state index in [1.54, 1.807) is 12.1 Å². The van der Waals surface area contributed by atoms with Crippen molar-refractivity contribution in [3.05, 3.63) is 102 Å². The van der Waals surface area contributed by atoms with Gasteiger partial charge in [-0.05, 0) is 73.6 Å². The van der Waals surface area contributed by atoms with Crippen molar-refractivity contribution in [3.63, 3.8) is 0 Å². The van der Waals surface area contributed by atoms with E-state index in [0.29, 0.717) is 17.5 Å². The SMILES string of the molecule is O=C(c1ccc(F)cc1)N(c1ccccc1)C1CCN(C2CCCCC2c2ccccc2)CC1. The van der Waals surface area contributed by atoms with E-state index in [1.165, 1.54) is 43.4 Å². The quantitative estimate of drug-likeness (QED) is 0.428. The first kappa shape index (κ1) is 22.8. The zero-order valence-electron chi connectivity index (χ0n) is 19.7. The van der Waals surface area contributed by atoms with Gasteiger partial charge in [-0.15, -0.1) is 0 Å². The van der Waals surface area contributed by atoms with Crippen LogP contribution in [0.4, 0.5) is 10.1 Å². The molecule has 176 valence electrons. The largest absolute Gasteiger partial charge is 0.305 e. The summed E-state index contributed by atoms with van der Waals surface area (Å²) < 4.78 is 13.5. The van der Waals surface area contributed by atoms with Crippen LogP contribution in [0.25, 0.3) is 0 Å². The Morgan fingerprint density at radius 2 is 1.38 bits per heavy atom. The van der Waals surface area contributed by atoms with E-state index in [9.17, 15) is 9.18 Å². The first-order valence-corrected chi connectivity index (χ1v) is 12.6. The predicted molar refractivity (Wildman–Crippen MR) is 136 cm³/mol. The molecule has 0 spiro atoms. The number of nitrogens with zero attached hydrogens (tertiary/aromatic N) is 2. The standard InChI is InChI=1S/C30H33FN2O/c31-25-17-15-24(16-18-25)30(34)33(26-11-5-2-6-12-26)27-19-21-32(22-20-27)29-14-8-7-13-28(29)23-9-3-1-4-10-23/h1-6,9-12,15-18,27-29H,7-8,13-14,19-22H2. The highest BCUT2D eigenvalue weighted by atomic mass is 19.1. The van der Waals surface area contributed by atoms with Crippen LogP contribution >= 0.6 is 0 Å². The minimum absolute atomic E-state index is 0.0514. The lowest BCUT2D eigenvalue weighted by Gasteiger charge is -2.45. The number of rotatable bonds is 5. The molecule has 0 bridgehead atoms. The fourth-order valence-electron chi connectivity index (χ4n) is 5.93. The summed E-state index contributed by atoms with van der Waals surface area (Å²) >= 11 is 0. The van der Waals surface area contributed by atoms with Crippen LogP contribution < -0.4 is 4.90 Å². The Labute approximate surface area is 202 Å². The van der Waals surface area contributed by atoms with Gasteiger partial charge >= 0.3 is 0 Å². The Morgan fingerprint density at radius 1 is 0.765 bits per heavy atom. The van der Waals surface area contributed by atoms with Crippen molar-refractivity contribution < 1.29 is 9.18 Å². The van der Waals surface area contributed by atoms with Crippen molar-refractivity contribution in [1.82, 2.24) is 4.90 Å². The van der Waals surface area contributed by atoms with Gasteiger partial charge in [0.25, 0.3) is 5.91 Å². The molecule has 5 rings (SSSR count). The summed E-state index contributed by atoms with van der Waals surface area (Å²) in [6.45, 7) is 2.00. The van der Waals surface area contributed by atoms with Crippen molar-refractivity contribution in [2.24, 2.45) is 0 Å². The van der Waals surface area contributed by atoms with Crippen LogP contribution in [-0.2, 0) is 0 Å². The second-order valence-corrected chi connectivity index (χ2v) is 9.65. The van der Waals surface area contributed by atoms with Gasteiger partial charge in [0.1, 0.15) is 5.82 Å². The molecule has 1 amide bonds. The number of carbonyl (C=O) groups excluding carboxylic acids is 1. The number of anilines is 1. The van der Waals surface area contributed by atoms with Gasteiger partial charge in [0.15, 0.2) is 0 Å². The number of amides is 1. The molecule has 1 aliphatic carbocycles. The molecule has 0 N–H and O–H groups in total. The van der Waals surface area contributed by atoms with E-state index in [0.717, 1.165) is 31.6 Å². The van der Waals surface area contributed by atoms with Crippen molar-refractivity contribution in [2.45, 2.75) is 56.5 Å². The molecule has 1 saturated heterocycles. The van der Waals surface area contributed by atoms with E-state index in [-0.39, 0.29) is 17.8 Å². The van der Waals surface area contributed by atoms with Crippen LogP contribution in [0.15, 0.2) is 84.9 Å². The highest BCUT2D eigenvalue weighted by Gasteiger charge is 2.36. The first-order valence-electron chi connectivity index (χ1n) is 12.6. The maximum absolute atomic E-state index is 13.6. The molecule has 34 heavy (non-hydrogen) atoms. The van der Waals surface area contributed by atoms with E-state index in [4.69, 9.17) is 0 Å². The summed E-state index contributed by atoms with van der Waals surface area (Å²) in [5.74, 6) is 0.221. The van der Waals surface area contributed by atoms with Gasteiger partial charge in [-0.1, -0.05) is 61.4 Å². The normalized spacial score (nSPS) is 21.8. The van der Waals surface area contributed by atoms with Crippen LogP contribution in [0.3, 0.4) is 0 Å². The fourth-order valence-corrected chi connectivity index (χ4v) is 5.93. The molecular formula is C30H33FN2O. The van der Waals surface area contributed by atoms with Gasteiger partial charge in [-0.2, -0.15) is 0 Å². The Hall–Kier alpha value is -2.98. The number of para-hydroxylation sites is 1. The monoisotopic (exact) mass is 456 g/mol. The van der Waals surface area contributed by atoms with Crippen LogP contribution in [0.2, 0.25) is 0 Å². The highest BCUT2D eigenvalue weighted by molar-refractivity contribution is 6.06. The average molecular weight is 457 g/mol. The molecule has 2 atom stereocenters. The molecule has 0 aromatic heterocycles. The molecule has 3 nitrogen and oxygen atoms in total. The molecule has 2 fully saturated rings. The Bertz CT molecular complexity index is 1060. The lowest BCUT2D eigenvalue weighted by molar-refractivity contribution is 0.0895. The lowest BCUT2D eigenvalue weighted by atomic mass is 9.78. The molecule has 3 aromatic carbocycles. The van der Waals surface area contributed by atoms with Gasteiger partial charge in [0.2, 0.25) is 0 Å². The van der Waals surface area contributed by atoms with Crippen molar-refractivity contribution >= 4 is 11.6 Å². The van der Waals surface area contributed by atoms with Crippen LogP contribution in [0.1, 0.15) is 60.4 Å². The molecule has 0 radical (unpaired) electrons. The number of benzene rings is 3. The second-order valence-electron chi connectivity index (χ2n) is 9.65. The maximum Gasteiger partial charge on any atom is 0.258 e. The number of likely N-dealkylation sites (tertiary alicyclic amines) is 1. The lowest BCUT2D eigenvalue weighted by Crippen LogP contribution is -2.51. The predicted octanol–water partition coefficient (Wildman–Crippen LogP) is 6.66. The molecule has 2 aliphatic rings. The Morgan fingerprint density at radius 3 is 2.06 bits per heavy atom. The molecule has 3 aromatic rings. The Balaban J connectivity index is 1.33. The van der Waals surface area contributed by atoms with Gasteiger partial charge < -0.3 is 4.90 Å². The van der Waals surface area contributed by atoms with Crippen LogP contribution in [0, 0.1) is 5.82 Å². The maximum atomic E-state index is 13.6. The van der Waals surface area contributed by atoms with Crippen molar-refractivity contribution in [3.8, 4) is 0 Å². The fraction of sp³-hybridized carbons (Fsp3) is 0.367. The third-order valence-electron chi connectivity index (χ3n) is 7.63. The molecule has 1 saturated carbocycles. The number of halogens is 1. The summed E-state index contributed by atoms with van der Waals surface area (Å²) in [5, 5.41) is 0. The van der Waals surface area contributed by atoms with E-state index < -0.39 is 0 Å². The number of hydrogen-bond acceptors (Lipinski definition) is 2. The Kier molecular flexibility index (Phi) is 7.05. The topological polar surface area (TPSA) is 23.6 Å². The zero-order chi connectivity index (χ0) is 23.3. The van der Waals surface area contributed by atoms with E-state index in [2.05, 4.69) is 35.2 Å². The van der Waals surface area contributed by atoms with Crippen LogP contribution in [0.5, 0.6) is 0 Å². The number of hydrogen-bond donors (Lipinski definition) is 0. The van der Waals surface area contributed by atoms with E-state index in [1.807, 2.05) is 35.2 Å². The zero-order valence-corrected chi connectivity index (χ0v) is 19.7. The molecular weight excluding hydrogens is 423 g/mol. The molecule has 2 unspecified atom stereocenters. The van der Waals surface area contributed by atoms with Crippen molar-refractivity contribution in [1.29, 1.82) is 0 Å². The highest BCUT2D eigenvalue weighted by Crippen LogP contribution is 2.38. The molecule has 1 aliphatic heterocycles. The number of piperidine rings is 1. The third kappa shape index (κ3) is 4.92. The second kappa shape index (κ2) is 10.5. The minimum atomic E-state index is -0.323. The minimum Gasteiger partial charge on any atom is -0.305 e. The van der Waals surface area contributed by atoms with E-state index >= 15 is 0 Å². The smallest absolute Gasteiger partial charge is 0.258 e. The van der Waals surface area contributed by atoms with Gasteiger partial charge in [0, 0.05) is 36.4 Å². The van der Waals surface area contributed by atoms with Crippen molar-refractivity contribution in [2.75, 3.05) is 18.0 Å². The summed E-state index contributed by atoms with van der Waals surface area (Å²) in [5.41, 5.74) is 2.91. The molecule has 1 heterocycles. The van der Waals surface area contributed by atoms with Crippen LogP contribution in [-0.4, -0.2) is 36.0 Å². The molecule has 4 heteroatoms. The van der Waals surface area contributed by atoms with Gasteiger partial charge in [-0.25, -0.2) is 4.39 Å². The average Bonchev–Trinajstić information content (AvgIpc) is 2.91. The summed E-state index contributed by atoms with van der Waals surface area (Å²) in [6, 6.07) is 27.5. The number of carbonyl (C=O) groups is 1. The summed E-state index contributed by atoms with van der Waals surface area (Å²) in [7, 11) is 0.